The number of amides is 1. The molecule has 9 heteroatoms. The van der Waals surface area contributed by atoms with Crippen LogP contribution < -0.4 is 5.32 Å². The van der Waals surface area contributed by atoms with E-state index in [1.54, 1.807) is 6.92 Å². The van der Waals surface area contributed by atoms with Gasteiger partial charge in [0.2, 0.25) is 10.0 Å². The first-order chi connectivity index (χ1) is 12.8. The van der Waals surface area contributed by atoms with Crippen molar-refractivity contribution in [2.24, 2.45) is 0 Å². The molecule has 148 valence electrons. The Morgan fingerprint density at radius 3 is 2.56 bits per heavy atom. The van der Waals surface area contributed by atoms with Gasteiger partial charge in [-0.3, -0.25) is 4.79 Å². The van der Waals surface area contributed by atoms with E-state index in [2.05, 4.69) is 5.32 Å². The lowest BCUT2D eigenvalue weighted by Crippen LogP contribution is -2.35. The molecule has 1 atom stereocenters. The molecule has 0 saturated carbocycles. The quantitative estimate of drug-likeness (QED) is 0.570. The molecule has 2 rings (SSSR count). The minimum Gasteiger partial charge on any atom is -0.449 e. The molecule has 0 spiro atoms. The van der Waals surface area contributed by atoms with E-state index in [0.717, 1.165) is 19.3 Å². The SMILES string of the molecule is C/C=C/C(=O)OC(C)C(=O)Nc1cc(S(=O)(=O)N2CCCCC2)ccc1Cl. The minimum atomic E-state index is -3.65. The number of hydrogen-bond donors (Lipinski definition) is 1. The Morgan fingerprint density at radius 1 is 1.26 bits per heavy atom. The number of halogens is 1. The van der Waals surface area contributed by atoms with E-state index in [9.17, 15) is 18.0 Å². The molecule has 1 aliphatic rings. The van der Waals surface area contributed by atoms with Crippen molar-refractivity contribution in [3.05, 3.63) is 35.4 Å². The molecule has 0 aliphatic carbocycles. The predicted molar refractivity (Wildman–Crippen MR) is 103 cm³/mol. The first-order valence-electron chi connectivity index (χ1n) is 8.69. The summed E-state index contributed by atoms with van der Waals surface area (Å²) < 4.78 is 31.9. The third-order valence-electron chi connectivity index (χ3n) is 4.11. The maximum absolute atomic E-state index is 12.8. The minimum absolute atomic E-state index is 0.0580. The summed E-state index contributed by atoms with van der Waals surface area (Å²) in [6.45, 7) is 4.02. The molecule has 0 radical (unpaired) electrons. The van der Waals surface area contributed by atoms with Crippen molar-refractivity contribution in [2.45, 2.75) is 44.1 Å². The summed E-state index contributed by atoms with van der Waals surface area (Å²) in [4.78, 5) is 23.7. The van der Waals surface area contributed by atoms with E-state index in [1.807, 2.05) is 0 Å². The zero-order chi connectivity index (χ0) is 20.0. The summed E-state index contributed by atoms with van der Waals surface area (Å²) >= 11 is 6.09. The first kappa shape index (κ1) is 21.4. The number of carbonyl (C=O) groups is 2. The van der Waals surface area contributed by atoms with Crippen molar-refractivity contribution in [1.29, 1.82) is 0 Å². The zero-order valence-corrected chi connectivity index (χ0v) is 16.8. The summed E-state index contributed by atoms with van der Waals surface area (Å²) in [5, 5.41) is 2.71. The largest absolute Gasteiger partial charge is 0.449 e. The van der Waals surface area contributed by atoms with E-state index >= 15 is 0 Å². The molecule has 1 aliphatic heterocycles. The van der Waals surface area contributed by atoms with Crippen LogP contribution in [0, 0.1) is 0 Å². The number of ether oxygens (including phenoxy) is 1. The number of nitrogens with one attached hydrogen (secondary N) is 1. The van der Waals surface area contributed by atoms with Gasteiger partial charge in [-0.2, -0.15) is 4.31 Å². The van der Waals surface area contributed by atoms with Gasteiger partial charge >= 0.3 is 5.97 Å². The second-order valence-corrected chi connectivity index (χ2v) is 8.52. The monoisotopic (exact) mass is 414 g/mol. The molecule has 27 heavy (non-hydrogen) atoms. The van der Waals surface area contributed by atoms with Crippen LogP contribution in [-0.2, 0) is 24.3 Å². The Bertz CT molecular complexity index is 832. The topological polar surface area (TPSA) is 92.8 Å². The number of hydrogen-bond acceptors (Lipinski definition) is 5. The highest BCUT2D eigenvalue weighted by Crippen LogP contribution is 2.28. The Kier molecular flexibility index (Phi) is 7.41. The highest BCUT2D eigenvalue weighted by atomic mass is 35.5. The summed E-state index contributed by atoms with van der Waals surface area (Å²) in [5.74, 6) is -1.25. The molecule has 1 aromatic rings. The number of esters is 1. The maximum atomic E-state index is 12.8. The number of anilines is 1. The molecule has 1 amide bonds. The number of benzene rings is 1. The lowest BCUT2D eigenvalue weighted by Gasteiger charge is -2.26. The number of rotatable bonds is 6. The first-order valence-corrected chi connectivity index (χ1v) is 10.5. The molecule has 0 bridgehead atoms. The van der Waals surface area contributed by atoms with Crippen molar-refractivity contribution < 1.29 is 22.7 Å². The average Bonchev–Trinajstić information content (AvgIpc) is 2.64. The van der Waals surface area contributed by atoms with Crippen molar-refractivity contribution in [2.75, 3.05) is 18.4 Å². The average molecular weight is 415 g/mol. The molecule has 1 N–H and O–H groups in total. The summed E-state index contributed by atoms with van der Waals surface area (Å²) in [6, 6.07) is 4.16. The Balaban J connectivity index is 2.17. The molecule has 7 nitrogen and oxygen atoms in total. The fraction of sp³-hybridized carbons (Fsp3) is 0.444. The lowest BCUT2D eigenvalue weighted by atomic mass is 10.2. The van der Waals surface area contributed by atoms with Gasteiger partial charge in [-0.25, -0.2) is 13.2 Å². The molecule has 1 heterocycles. The zero-order valence-electron chi connectivity index (χ0n) is 15.3. The molecule has 0 aromatic heterocycles. The number of carbonyl (C=O) groups excluding carboxylic acids is 2. The van der Waals surface area contributed by atoms with E-state index in [4.69, 9.17) is 16.3 Å². The molecular weight excluding hydrogens is 392 g/mol. The summed E-state index contributed by atoms with van der Waals surface area (Å²) in [7, 11) is -3.65. The second-order valence-electron chi connectivity index (χ2n) is 6.17. The van der Waals surface area contributed by atoms with Crippen LogP contribution in [0.3, 0.4) is 0 Å². The Morgan fingerprint density at radius 2 is 1.93 bits per heavy atom. The highest BCUT2D eigenvalue weighted by Gasteiger charge is 2.27. The summed E-state index contributed by atoms with van der Waals surface area (Å²) in [6.07, 6.45) is 4.29. The van der Waals surface area contributed by atoms with Crippen molar-refractivity contribution in [3.8, 4) is 0 Å². The lowest BCUT2D eigenvalue weighted by molar-refractivity contribution is -0.148. The van der Waals surface area contributed by atoms with Crippen molar-refractivity contribution >= 4 is 39.2 Å². The van der Waals surface area contributed by atoms with Crippen LogP contribution >= 0.6 is 11.6 Å². The van der Waals surface area contributed by atoms with Crippen LogP contribution in [0.25, 0.3) is 0 Å². The van der Waals surface area contributed by atoms with Gasteiger partial charge in [0.25, 0.3) is 5.91 Å². The standard InChI is InChI=1S/C18H23ClN2O5S/c1-3-7-17(22)26-13(2)18(23)20-16-12-14(8-9-15(16)19)27(24,25)21-10-5-4-6-11-21/h3,7-9,12-13H,4-6,10-11H2,1-2H3,(H,20,23)/b7-3+. The smallest absolute Gasteiger partial charge is 0.331 e. The molecule has 1 fully saturated rings. The van der Waals surface area contributed by atoms with Gasteiger partial charge in [-0.05, 0) is 44.9 Å². The molecular formula is C18H23ClN2O5S. The fourth-order valence-electron chi connectivity index (χ4n) is 2.65. The van der Waals surface area contributed by atoms with E-state index in [0.29, 0.717) is 13.1 Å². The number of allylic oxidation sites excluding steroid dienone is 1. The maximum Gasteiger partial charge on any atom is 0.331 e. The second kappa shape index (κ2) is 9.34. The van der Waals surface area contributed by atoms with E-state index in [1.165, 1.54) is 41.6 Å². The van der Waals surface area contributed by atoms with Crippen LogP contribution in [0.5, 0.6) is 0 Å². The third-order valence-corrected chi connectivity index (χ3v) is 6.34. The Hall–Kier alpha value is -1.90. The van der Waals surface area contributed by atoms with Gasteiger partial charge in [0.05, 0.1) is 15.6 Å². The number of piperidine rings is 1. The van der Waals surface area contributed by atoms with Crippen LogP contribution in [-0.4, -0.2) is 43.8 Å². The van der Waals surface area contributed by atoms with Gasteiger partial charge < -0.3 is 10.1 Å². The van der Waals surface area contributed by atoms with E-state index in [-0.39, 0.29) is 15.6 Å². The van der Waals surface area contributed by atoms with Gasteiger partial charge in [-0.15, -0.1) is 0 Å². The Labute approximate surface area is 164 Å². The van der Waals surface area contributed by atoms with Gasteiger partial charge in [0.15, 0.2) is 6.10 Å². The number of sulfonamides is 1. The van der Waals surface area contributed by atoms with Gasteiger partial charge in [0.1, 0.15) is 0 Å². The van der Waals surface area contributed by atoms with Crippen LogP contribution in [0.2, 0.25) is 5.02 Å². The van der Waals surface area contributed by atoms with Crippen molar-refractivity contribution in [3.63, 3.8) is 0 Å². The van der Waals surface area contributed by atoms with E-state index < -0.39 is 28.0 Å². The van der Waals surface area contributed by atoms with Crippen LogP contribution in [0.15, 0.2) is 35.2 Å². The van der Waals surface area contributed by atoms with Crippen molar-refractivity contribution in [1.82, 2.24) is 4.31 Å². The molecule has 1 unspecified atom stereocenters. The molecule has 1 saturated heterocycles. The molecule has 1 aromatic carbocycles. The predicted octanol–water partition coefficient (Wildman–Crippen LogP) is 2.96. The third kappa shape index (κ3) is 5.54. The van der Waals surface area contributed by atoms with Gasteiger partial charge in [0, 0.05) is 19.2 Å². The highest BCUT2D eigenvalue weighted by molar-refractivity contribution is 7.89. The summed E-state index contributed by atoms with van der Waals surface area (Å²) in [5.41, 5.74) is 0.147. The van der Waals surface area contributed by atoms with Gasteiger partial charge in [-0.1, -0.05) is 24.1 Å². The van der Waals surface area contributed by atoms with Crippen LogP contribution in [0.4, 0.5) is 5.69 Å². The fourth-order valence-corrected chi connectivity index (χ4v) is 4.36. The normalized spacial score (nSPS) is 16.9. The van der Waals surface area contributed by atoms with Crippen LogP contribution in [0.1, 0.15) is 33.1 Å². The number of nitrogens with zero attached hydrogens (tertiary/aromatic N) is 1.